The molecule has 0 amide bonds. The maximum atomic E-state index is 10.9. The lowest BCUT2D eigenvalue weighted by Gasteiger charge is -2.10. The van der Waals surface area contributed by atoms with Gasteiger partial charge in [0, 0.05) is 6.54 Å². The average Bonchev–Trinajstić information content (AvgIpc) is 2.00. The quantitative estimate of drug-likeness (QED) is 0.535. The number of nitrogens with one attached hydrogen (secondary N) is 1. The van der Waals surface area contributed by atoms with E-state index in [1.54, 1.807) is 13.8 Å². The van der Waals surface area contributed by atoms with E-state index in [1.165, 1.54) is 0 Å². The van der Waals surface area contributed by atoms with Gasteiger partial charge >= 0.3 is 5.97 Å². The normalized spacial score (nSPS) is 12.6. The Bertz CT molecular complexity index is 116. The van der Waals surface area contributed by atoms with Gasteiger partial charge in [0.25, 0.3) is 0 Å². The first kappa shape index (κ1) is 10.4. The topological polar surface area (TPSA) is 58.6 Å². The number of rotatable bonds is 5. The molecule has 0 aliphatic heterocycles. The molecule has 0 spiro atoms. The average molecular weight is 161 g/mol. The third-order valence-corrected chi connectivity index (χ3v) is 1.20. The minimum absolute atomic E-state index is 0.0315. The highest BCUT2D eigenvalue weighted by Crippen LogP contribution is 1.86. The Labute approximate surface area is 66.5 Å². The molecule has 0 radical (unpaired) electrons. The van der Waals surface area contributed by atoms with E-state index in [1.807, 2.05) is 0 Å². The number of esters is 1. The molecular formula is C7H15NO3. The maximum Gasteiger partial charge on any atom is 0.322 e. The van der Waals surface area contributed by atoms with Gasteiger partial charge in [-0.25, -0.2) is 0 Å². The number of hydrogen-bond acceptors (Lipinski definition) is 4. The van der Waals surface area contributed by atoms with Crippen molar-refractivity contribution in [2.75, 3.05) is 19.8 Å². The smallest absolute Gasteiger partial charge is 0.322 e. The lowest BCUT2D eigenvalue weighted by Crippen LogP contribution is -2.36. The van der Waals surface area contributed by atoms with Crippen molar-refractivity contribution in [2.24, 2.45) is 0 Å². The molecule has 0 saturated carbocycles. The van der Waals surface area contributed by atoms with Gasteiger partial charge in [0.15, 0.2) is 0 Å². The van der Waals surface area contributed by atoms with Gasteiger partial charge in [-0.15, -0.1) is 0 Å². The first-order chi connectivity index (χ1) is 5.22. The van der Waals surface area contributed by atoms with E-state index in [-0.39, 0.29) is 18.6 Å². The largest absolute Gasteiger partial charge is 0.465 e. The van der Waals surface area contributed by atoms with Crippen LogP contribution in [0.3, 0.4) is 0 Å². The van der Waals surface area contributed by atoms with Gasteiger partial charge in [-0.1, -0.05) is 0 Å². The zero-order valence-corrected chi connectivity index (χ0v) is 6.96. The summed E-state index contributed by atoms with van der Waals surface area (Å²) in [5.41, 5.74) is 0. The van der Waals surface area contributed by atoms with E-state index in [4.69, 9.17) is 9.84 Å². The molecule has 0 aliphatic carbocycles. The Morgan fingerprint density at radius 3 is 2.82 bits per heavy atom. The SMILES string of the molecule is CCOC(=O)[C@@H](C)NCCO. The lowest BCUT2D eigenvalue weighted by atomic mass is 10.3. The fourth-order valence-electron chi connectivity index (χ4n) is 0.632. The number of ether oxygens (including phenoxy) is 1. The van der Waals surface area contributed by atoms with Crippen molar-refractivity contribution >= 4 is 5.97 Å². The molecule has 0 aliphatic rings. The molecule has 4 nitrogen and oxygen atoms in total. The minimum atomic E-state index is -0.331. The molecule has 4 heteroatoms. The van der Waals surface area contributed by atoms with Crippen LogP contribution in [-0.4, -0.2) is 36.9 Å². The second kappa shape index (κ2) is 6.12. The van der Waals surface area contributed by atoms with E-state index < -0.39 is 0 Å². The van der Waals surface area contributed by atoms with Crippen LogP contribution in [0.5, 0.6) is 0 Å². The zero-order valence-electron chi connectivity index (χ0n) is 6.96. The van der Waals surface area contributed by atoms with Crippen molar-refractivity contribution in [1.82, 2.24) is 5.32 Å². The summed E-state index contributed by atoms with van der Waals surface area (Å²) < 4.78 is 4.72. The molecule has 0 aromatic heterocycles. The third kappa shape index (κ3) is 4.75. The summed E-state index contributed by atoms with van der Waals surface area (Å²) in [6, 6.07) is -0.331. The van der Waals surface area contributed by atoms with Gasteiger partial charge < -0.3 is 15.2 Å². The highest BCUT2D eigenvalue weighted by molar-refractivity contribution is 5.75. The Hall–Kier alpha value is -0.610. The fourth-order valence-corrected chi connectivity index (χ4v) is 0.632. The van der Waals surface area contributed by atoms with Crippen LogP contribution < -0.4 is 5.32 Å². The van der Waals surface area contributed by atoms with Crippen molar-refractivity contribution in [3.63, 3.8) is 0 Å². The molecule has 0 unspecified atom stereocenters. The van der Waals surface area contributed by atoms with Crippen LogP contribution >= 0.6 is 0 Å². The van der Waals surface area contributed by atoms with E-state index in [0.717, 1.165) is 0 Å². The van der Waals surface area contributed by atoms with Gasteiger partial charge in [0.1, 0.15) is 6.04 Å². The molecule has 0 heterocycles. The Morgan fingerprint density at radius 1 is 1.73 bits per heavy atom. The van der Waals surface area contributed by atoms with Gasteiger partial charge in [0.05, 0.1) is 13.2 Å². The van der Waals surface area contributed by atoms with Crippen LogP contribution in [0.1, 0.15) is 13.8 Å². The zero-order chi connectivity index (χ0) is 8.69. The van der Waals surface area contributed by atoms with Crippen molar-refractivity contribution in [1.29, 1.82) is 0 Å². The Balaban J connectivity index is 3.46. The van der Waals surface area contributed by atoms with Crippen LogP contribution in [0.15, 0.2) is 0 Å². The molecule has 11 heavy (non-hydrogen) atoms. The summed E-state index contributed by atoms with van der Waals surface area (Å²) >= 11 is 0. The van der Waals surface area contributed by atoms with Crippen LogP contribution in [-0.2, 0) is 9.53 Å². The van der Waals surface area contributed by atoms with Gasteiger partial charge in [0.2, 0.25) is 0 Å². The first-order valence-corrected chi connectivity index (χ1v) is 3.73. The molecule has 1 atom stereocenters. The number of hydrogen-bond donors (Lipinski definition) is 2. The van der Waals surface area contributed by atoms with Crippen LogP contribution in [0.4, 0.5) is 0 Å². The van der Waals surface area contributed by atoms with Crippen LogP contribution in [0.25, 0.3) is 0 Å². The van der Waals surface area contributed by atoms with Crippen LogP contribution in [0.2, 0.25) is 0 Å². The van der Waals surface area contributed by atoms with E-state index >= 15 is 0 Å². The van der Waals surface area contributed by atoms with Crippen molar-refractivity contribution in [3.05, 3.63) is 0 Å². The molecule has 0 bridgehead atoms. The number of aliphatic hydroxyl groups excluding tert-OH is 1. The Kier molecular flexibility index (Phi) is 5.78. The standard InChI is InChI=1S/C7H15NO3/c1-3-11-7(10)6(2)8-4-5-9/h6,8-9H,3-5H2,1-2H3/t6-/m1/s1. The summed E-state index contributed by atoms with van der Waals surface area (Å²) in [5.74, 6) is -0.277. The monoisotopic (exact) mass is 161 g/mol. The van der Waals surface area contributed by atoms with Crippen molar-refractivity contribution in [2.45, 2.75) is 19.9 Å². The molecule has 0 saturated heterocycles. The minimum Gasteiger partial charge on any atom is -0.465 e. The summed E-state index contributed by atoms with van der Waals surface area (Å²) in [5, 5.41) is 11.2. The summed E-state index contributed by atoms with van der Waals surface area (Å²) in [4.78, 5) is 10.9. The molecule has 0 rings (SSSR count). The summed E-state index contributed by atoms with van der Waals surface area (Å²) in [6.07, 6.45) is 0. The third-order valence-electron chi connectivity index (χ3n) is 1.20. The number of aliphatic hydroxyl groups is 1. The maximum absolute atomic E-state index is 10.9. The molecular weight excluding hydrogens is 146 g/mol. The highest BCUT2D eigenvalue weighted by atomic mass is 16.5. The van der Waals surface area contributed by atoms with Crippen molar-refractivity contribution < 1.29 is 14.6 Å². The predicted molar refractivity (Wildman–Crippen MR) is 41.2 cm³/mol. The van der Waals surface area contributed by atoms with E-state index in [2.05, 4.69) is 5.32 Å². The summed E-state index contributed by atoms with van der Waals surface area (Å²) in [6.45, 7) is 4.30. The second-order valence-electron chi connectivity index (χ2n) is 2.15. The fraction of sp³-hybridized carbons (Fsp3) is 0.857. The number of carbonyl (C=O) groups is 1. The predicted octanol–water partition coefficient (Wildman–Crippen LogP) is -0.480. The Morgan fingerprint density at radius 2 is 2.36 bits per heavy atom. The van der Waals surface area contributed by atoms with E-state index in [9.17, 15) is 4.79 Å². The van der Waals surface area contributed by atoms with Gasteiger partial charge in [-0.3, -0.25) is 4.79 Å². The molecule has 2 N–H and O–H groups in total. The van der Waals surface area contributed by atoms with Crippen molar-refractivity contribution in [3.8, 4) is 0 Å². The number of carbonyl (C=O) groups excluding carboxylic acids is 1. The van der Waals surface area contributed by atoms with Crippen LogP contribution in [0, 0.1) is 0 Å². The molecule has 0 aromatic carbocycles. The molecule has 66 valence electrons. The van der Waals surface area contributed by atoms with Gasteiger partial charge in [-0.05, 0) is 13.8 Å². The first-order valence-electron chi connectivity index (χ1n) is 3.73. The molecule has 0 fully saturated rings. The highest BCUT2D eigenvalue weighted by Gasteiger charge is 2.11. The summed E-state index contributed by atoms with van der Waals surface area (Å²) in [7, 11) is 0. The van der Waals surface area contributed by atoms with E-state index in [0.29, 0.717) is 13.2 Å². The molecule has 0 aromatic rings. The lowest BCUT2D eigenvalue weighted by molar-refractivity contribution is -0.145. The van der Waals surface area contributed by atoms with Gasteiger partial charge in [-0.2, -0.15) is 0 Å². The second-order valence-corrected chi connectivity index (χ2v) is 2.15.